The van der Waals surface area contributed by atoms with E-state index in [1.165, 1.54) is 18.1 Å². The van der Waals surface area contributed by atoms with E-state index >= 15 is 0 Å². The van der Waals surface area contributed by atoms with Crippen LogP contribution in [0.1, 0.15) is 57.5 Å². The van der Waals surface area contributed by atoms with Gasteiger partial charge in [-0.2, -0.15) is 0 Å². The fourth-order valence-electron chi connectivity index (χ4n) is 4.28. The van der Waals surface area contributed by atoms with Crippen LogP contribution < -0.4 is 5.32 Å². The number of carbonyl (C=O) groups is 2. The molecule has 6 nitrogen and oxygen atoms in total. The van der Waals surface area contributed by atoms with E-state index in [0.717, 1.165) is 31.2 Å². The Hall–Kier alpha value is -2.60. The molecule has 0 unspecified atom stereocenters. The molecule has 2 aliphatic rings. The molecule has 2 aliphatic heterocycles. The van der Waals surface area contributed by atoms with Crippen molar-refractivity contribution in [2.24, 2.45) is 0 Å². The molecule has 1 spiro atoms. The monoisotopic (exact) mass is 396 g/mol. The summed E-state index contributed by atoms with van der Waals surface area (Å²) < 4.78 is 11.4. The maximum atomic E-state index is 12.5. The Morgan fingerprint density at radius 3 is 2.59 bits per heavy atom. The second-order valence-electron chi connectivity index (χ2n) is 8.27. The number of carbonyl (C=O) groups excluding carboxylic acids is 2. The fraction of sp³-hybridized carbons (Fsp3) is 0.478. The van der Waals surface area contributed by atoms with Crippen molar-refractivity contribution < 1.29 is 18.7 Å². The zero-order valence-corrected chi connectivity index (χ0v) is 17.1. The lowest BCUT2D eigenvalue weighted by Gasteiger charge is -2.39. The maximum Gasteiger partial charge on any atom is 0.257 e. The van der Waals surface area contributed by atoms with Crippen LogP contribution in [0.2, 0.25) is 0 Å². The fourth-order valence-corrected chi connectivity index (χ4v) is 4.28. The molecule has 1 aromatic heterocycles. The molecule has 2 amide bonds. The topological polar surface area (TPSA) is 71.8 Å². The van der Waals surface area contributed by atoms with Gasteiger partial charge in [-0.3, -0.25) is 9.59 Å². The van der Waals surface area contributed by atoms with Crippen molar-refractivity contribution in [1.29, 1.82) is 0 Å². The summed E-state index contributed by atoms with van der Waals surface area (Å²) in [6, 6.07) is 7.47. The number of likely N-dealkylation sites (tertiary alicyclic amines) is 1. The summed E-state index contributed by atoms with van der Waals surface area (Å²) in [7, 11) is 0. The molecule has 29 heavy (non-hydrogen) atoms. The van der Waals surface area contributed by atoms with Crippen LogP contribution in [0.3, 0.4) is 0 Å². The predicted octanol–water partition coefficient (Wildman–Crippen LogP) is 3.48. The van der Waals surface area contributed by atoms with Gasteiger partial charge in [0, 0.05) is 25.2 Å². The third-order valence-corrected chi connectivity index (χ3v) is 6.33. The van der Waals surface area contributed by atoms with Crippen LogP contribution in [0.4, 0.5) is 0 Å². The average molecular weight is 396 g/mol. The molecule has 2 saturated heterocycles. The van der Waals surface area contributed by atoms with Gasteiger partial charge < -0.3 is 19.4 Å². The first-order chi connectivity index (χ1) is 14.0. The number of furan rings is 1. The normalized spacial score (nSPS) is 20.8. The largest absolute Gasteiger partial charge is 0.472 e. The third kappa shape index (κ3) is 4.22. The molecule has 2 fully saturated rings. The van der Waals surface area contributed by atoms with E-state index in [2.05, 4.69) is 5.32 Å². The van der Waals surface area contributed by atoms with Crippen molar-refractivity contribution >= 4 is 11.8 Å². The zero-order valence-electron chi connectivity index (χ0n) is 17.1. The van der Waals surface area contributed by atoms with Gasteiger partial charge in [0.2, 0.25) is 0 Å². The lowest BCUT2D eigenvalue weighted by atomic mass is 9.88. The number of ether oxygens (including phenoxy) is 1. The first kappa shape index (κ1) is 19.7. The Morgan fingerprint density at radius 1 is 1.10 bits per heavy atom. The van der Waals surface area contributed by atoms with E-state index in [-0.39, 0.29) is 23.5 Å². The van der Waals surface area contributed by atoms with Crippen molar-refractivity contribution in [3.63, 3.8) is 0 Å². The summed E-state index contributed by atoms with van der Waals surface area (Å²) in [4.78, 5) is 26.8. The Morgan fingerprint density at radius 2 is 1.90 bits per heavy atom. The van der Waals surface area contributed by atoms with Crippen LogP contribution in [0.5, 0.6) is 0 Å². The number of amides is 2. The molecule has 6 heteroatoms. The quantitative estimate of drug-likeness (QED) is 0.859. The molecule has 0 aliphatic carbocycles. The van der Waals surface area contributed by atoms with Gasteiger partial charge in [-0.25, -0.2) is 0 Å². The number of rotatable bonds is 4. The average Bonchev–Trinajstić information content (AvgIpc) is 3.39. The van der Waals surface area contributed by atoms with Crippen LogP contribution in [0, 0.1) is 13.8 Å². The minimum absolute atomic E-state index is 0.0174. The number of nitrogens with one attached hydrogen (secondary N) is 1. The highest BCUT2D eigenvalue weighted by atomic mass is 16.5. The molecule has 0 bridgehead atoms. The van der Waals surface area contributed by atoms with E-state index < -0.39 is 0 Å². The van der Waals surface area contributed by atoms with Crippen molar-refractivity contribution in [2.75, 3.05) is 19.6 Å². The van der Waals surface area contributed by atoms with Crippen LogP contribution in [-0.2, 0) is 4.74 Å². The number of nitrogens with zero attached hydrogens (tertiary/aromatic N) is 1. The van der Waals surface area contributed by atoms with E-state index in [4.69, 9.17) is 9.15 Å². The van der Waals surface area contributed by atoms with E-state index in [9.17, 15) is 9.59 Å². The highest BCUT2D eigenvalue weighted by molar-refractivity contribution is 5.94. The van der Waals surface area contributed by atoms with Gasteiger partial charge >= 0.3 is 0 Å². The first-order valence-corrected chi connectivity index (χ1v) is 10.3. The first-order valence-electron chi connectivity index (χ1n) is 10.3. The van der Waals surface area contributed by atoms with Gasteiger partial charge in [-0.05, 0) is 68.9 Å². The van der Waals surface area contributed by atoms with Gasteiger partial charge in [0.15, 0.2) is 0 Å². The SMILES string of the molecule is Cc1ccc(C(=O)NC[C@H]2CCC3(CCN(C(=O)c4ccoc4)CC3)O2)cc1C. The summed E-state index contributed by atoms with van der Waals surface area (Å²) in [5.74, 6) is -0.0398. The molecular formula is C23H28N2O4. The van der Waals surface area contributed by atoms with Crippen LogP contribution in [0.15, 0.2) is 41.2 Å². The molecule has 0 saturated carbocycles. The lowest BCUT2D eigenvalue weighted by Crippen LogP contribution is -2.47. The Kier molecular flexibility index (Phi) is 5.46. The molecule has 2 aromatic rings. The van der Waals surface area contributed by atoms with Gasteiger partial charge in [0.05, 0.1) is 23.5 Å². The summed E-state index contributed by atoms with van der Waals surface area (Å²) in [6.07, 6.45) is 6.62. The van der Waals surface area contributed by atoms with Crippen LogP contribution in [0.25, 0.3) is 0 Å². The second kappa shape index (κ2) is 8.03. The Labute approximate surface area is 171 Å². The highest BCUT2D eigenvalue weighted by Gasteiger charge is 2.43. The predicted molar refractivity (Wildman–Crippen MR) is 109 cm³/mol. The Bertz CT molecular complexity index is 882. The van der Waals surface area contributed by atoms with Crippen LogP contribution in [-0.4, -0.2) is 48.1 Å². The number of aryl methyl sites for hydroxylation is 2. The standard InChI is InChI=1S/C23H28N2O4/c1-16-3-4-18(13-17(16)2)21(26)24-14-20-5-7-23(29-20)8-10-25(11-9-23)22(27)19-6-12-28-15-19/h3-4,6,12-13,15,20H,5,7-11,14H2,1-2H3,(H,24,26)/t20-/m1/s1. The van der Waals surface area contributed by atoms with E-state index in [1.54, 1.807) is 6.07 Å². The van der Waals surface area contributed by atoms with Gasteiger partial charge in [-0.1, -0.05) is 6.07 Å². The van der Waals surface area contributed by atoms with Crippen molar-refractivity contribution in [1.82, 2.24) is 10.2 Å². The summed E-state index contributed by atoms with van der Waals surface area (Å²) in [5.41, 5.74) is 3.42. The zero-order chi connectivity index (χ0) is 20.4. The van der Waals surface area contributed by atoms with Crippen LogP contribution >= 0.6 is 0 Å². The second-order valence-corrected chi connectivity index (χ2v) is 8.27. The minimum atomic E-state index is -0.164. The smallest absolute Gasteiger partial charge is 0.257 e. The van der Waals surface area contributed by atoms with Crippen molar-refractivity contribution in [3.05, 3.63) is 59.0 Å². The molecule has 1 aromatic carbocycles. The van der Waals surface area contributed by atoms with Crippen molar-refractivity contribution in [2.45, 2.75) is 51.2 Å². The lowest BCUT2D eigenvalue weighted by molar-refractivity contribution is -0.0712. The summed E-state index contributed by atoms with van der Waals surface area (Å²) in [5, 5.41) is 3.02. The molecule has 154 valence electrons. The maximum absolute atomic E-state index is 12.5. The molecular weight excluding hydrogens is 368 g/mol. The van der Waals surface area contributed by atoms with Gasteiger partial charge in [0.1, 0.15) is 6.26 Å². The summed E-state index contributed by atoms with van der Waals surface area (Å²) >= 11 is 0. The molecule has 0 radical (unpaired) electrons. The highest BCUT2D eigenvalue weighted by Crippen LogP contribution is 2.39. The molecule has 1 atom stereocenters. The molecule has 1 N–H and O–H groups in total. The minimum Gasteiger partial charge on any atom is -0.472 e. The number of hydrogen-bond acceptors (Lipinski definition) is 4. The van der Waals surface area contributed by atoms with E-state index in [1.807, 2.05) is 36.9 Å². The van der Waals surface area contributed by atoms with Gasteiger partial charge in [0.25, 0.3) is 11.8 Å². The third-order valence-electron chi connectivity index (χ3n) is 6.33. The summed E-state index contributed by atoms with van der Waals surface area (Å²) in [6.45, 7) is 5.94. The van der Waals surface area contributed by atoms with Gasteiger partial charge in [-0.15, -0.1) is 0 Å². The molecule has 3 heterocycles. The number of piperidine rings is 1. The molecule has 4 rings (SSSR count). The van der Waals surface area contributed by atoms with Crippen molar-refractivity contribution in [3.8, 4) is 0 Å². The van der Waals surface area contributed by atoms with E-state index in [0.29, 0.717) is 30.8 Å². The number of hydrogen-bond donors (Lipinski definition) is 1. The Balaban J connectivity index is 1.26. The number of benzene rings is 1.